The minimum Gasteiger partial charge on any atom is -0.464 e. The van der Waals surface area contributed by atoms with Gasteiger partial charge in [-0.25, -0.2) is 4.79 Å². The Hall–Kier alpha value is -2.86. The van der Waals surface area contributed by atoms with Crippen LogP contribution in [0.3, 0.4) is 0 Å². The van der Waals surface area contributed by atoms with Crippen LogP contribution in [0.25, 0.3) is 5.69 Å². The van der Waals surface area contributed by atoms with Crippen LogP contribution in [0.1, 0.15) is 16.1 Å². The molecule has 5 nitrogen and oxygen atoms in total. The molecule has 1 heterocycles. The Balaban J connectivity index is 1.98. The van der Waals surface area contributed by atoms with Gasteiger partial charge in [-0.3, -0.25) is 4.79 Å². The smallest absolute Gasteiger partial charge is 0.359 e. The first kappa shape index (κ1) is 17.0. The van der Waals surface area contributed by atoms with Gasteiger partial charge in [-0.05, 0) is 17.7 Å². The van der Waals surface area contributed by atoms with Gasteiger partial charge in [0.15, 0.2) is 5.69 Å². The second-order valence-electron chi connectivity index (χ2n) is 5.21. The molecule has 0 spiro atoms. The summed E-state index contributed by atoms with van der Waals surface area (Å²) in [5.74, 6) is 0.0571. The van der Waals surface area contributed by atoms with E-state index in [9.17, 15) is 9.59 Å². The Morgan fingerprint density at radius 1 is 1.08 bits per heavy atom. The molecule has 0 aliphatic heterocycles. The number of ether oxygens (including phenoxy) is 1. The molecular weight excluding hydrogens is 336 g/mol. The van der Waals surface area contributed by atoms with Gasteiger partial charge in [0.1, 0.15) is 0 Å². The number of carbonyl (C=O) groups is 1. The van der Waals surface area contributed by atoms with Crippen LogP contribution >= 0.6 is 11.8 Å². The molecule has 126 valence electrons. The SMILES string of the molecule is COC(=O)c1nn(-c2ccccc2)c(=O)cc1SCc1ccccc1. The van der Waals surface area contributed by atoms with Crippen molar-refractivity contribution in [1.29, 1.82) is 0 Å². The van der Waals surface area contributed by atoms with Crippen LogP contribution in [0.15, 0.2) is 76.4 Å². The molecule has 3 aromatic rings. The van der Waals surface area contributed by atoms with Crippen LogP contribution in [0.5, 0.6) is 0 Å². The van der Waals surface area contributed by atoms with Crippen molar-refractivity contribution in [2.45, 2.75) is 10.6 Å². The van der Waals surface area contributed by atoms with Crippen LogP contribution in [-0.2, 0) is 10.5 Å². The van der Waals surface area contributed by atoms with E-state index in [-0.39, 0.29) is 11.3 Å². The fourth-order valence-electron chi connectivity index (χ4n) is 2.28. The fourth-order valence-corrected chi connectivity index (χ4v) is 3.24. The molecule has 0 N–H and O–H groups in total. The standard InChI is InChI=1S/C19H16N2O3S/c1-24-19(23)18-16(25-13-14-8-4-2-5-9-14)12-17(22)21(20-18)15-10-6-3-7-11-15/h2-12H,13H2,1H3. The first-order chi connectivity index (χ1) is 12.2. The maximum absolute atomic E-state index is 12.4. The molecule has 1 aromatic heterocycles. The van der Waals surface area contributed by atoms with E-state index in [2.05, 4.69) is 5.10 Å². The lowest BCUT2D eigenvalue weighted by Crippen LogP contribution is -2.24. The maximum Gasteiger partial charge on any atom is 0.359 e. The van der Waals surface area contributed by atoms with Gasteiger partial charge in [-0.15, -0.1) is 11.8 Å². The van der Waals surface area contributed by atoms with Crippen molar-refractivity contribution >= 4 is 17.7 Å². The highest BCUT2D eigenvalue weighted by Crippen LogP contribution is 2.25. The Kier molecular flexibility index (Phi) is 5.30. The summed E-state index contributed by atoms with van der Waals surface area (Å²) in [5.41, 5.74) is 1.52. The number of nitrogens with zero attached hydrogens (tertiary/aromatic N) is 2. The van der Waals surface area contributed by atoms with Crippen molar-refractivity contribution in [3.8, 4) is 5.69 Å². The molecule has 25 heavy (non-hydrogen) atoms. The lowest BCUT2D eigenvalue weighted by molar-refractivity contribution is 0.0587. The highest BCUT2D eigenvalue weighted by Gasteiger charge is 2.18. The molecule has 0 bridgehead atoms. The van der Waals surface area contributed by atoms with E-state index in [4.69, 9.17) is 4.74 Å². The summed E-state index contributed by atoms with van der Waals surface area (Å²) in [7, 11) is 1.30. The van der Waals surface area contributed by atoms with Gasteiger partial charge in [-0.1, -0.05) is 48.5 Å². The monoisotopic (exact) mass is 352 g/mol. The van der Waals surface area contributed by atoms with Gasteiger partial charge in [-0.2, -0.15) is 9.78 Å². The average molecular weight is 352 g/mol. The molecular formula is C19H16N2O3S. The van der Waals surface area contributed by atoms with Gasteiger partial charge in [0, 0.05) is 16.7 Å². The van der Waals surface area contributed by atoms with E-state index in [1.165, 1.54) is 29.6 Å². The van der Waals surface area contributed by atoms with Gasteiger partial charge >= 0.3 is 5.97 Å². The number of para-hydroxylation sites is 1. The number of methoxy groups -OCH3 is 1. The number of rotatable bonds is 5. The lowest BCUT2D eigenvalue weighted by Gasteiger charge is -2.10. The quantitative estimate of drug-likeness (QED) is 0.521. The molecule has 2 aromatic carbocycles. The van der Waals surface area contributed by atoms with E-state index in [0.29, 0.717) is 16.3 Å². The summed E-state index contributed by atoms with van der Waals surface area (Å²) in [6.45, 7) is 0. The molecule has 0 aliphatic carbocycles. The van der Waals surface area contributed by atoms with Gasteiger partial charge in [0.25, 0.3) is 5.56 Å². The molecule has 0 aliphatic rings. The highest BCUT2D eigenvalue weighted by molar-refractivity contribution is 7.98. The third kappa shape index (κ3) is 3.97. The first-order valence-electron chi connectivity index (χ1n) is 7.64. The zero-order valence-electron chi connectivity index (χ0n) is 13.6. The molecule has 0 amide bonds. The molecule has 0 saturated carbocycles. The van der Waals surface area contributed by atoms with Gasteiger partial charge in [0.05, 0.1) is 12.8 Å². The average Bonchev–Trinajstić information content (AvgIpc) is 2.67. The third-order valence-corrected chi connectivity index (χ3v) is 4.61. The molecule has 3 rings (SSSR count). The number of aromatic nitrogens is 2. The number of hydrogen-bond acceptors (Lipinski definition) is 5. The molecule has 0 atom stereocenters. The van der Waals surface area contributed by atoms with Crippen LogP contribution < -0.4 is 5.56 Å². The minimum absolute atomic E-state index is 0.131. The molecule has 0 unspecified atom stereocenters. The highest BCUT2D eigenvalue weighted by atomic mass is 32.2. The van der Waals surface area contributed by atoms with Crippen LogP contribution in [0, 0.1) is 0 Å². The number of carbonyl (C=O) groups excluding carboxylic acids is 1. The summed E-state index contributed by atoms with van der Waals surface area (Å²) in [5, 5.41) is 4.23. The molecule has 0 fully saturated rings. The van der Waals surface area contributed by atoms with Crippen molar-refractivity contribution in [3.63, 3.8) is 0 Å². The second-order valence-corrected chi connectivity index (χ2v) is 6.23. The van der Waals surface area contributed by atoms with Crippen molar-refractivity contribution in [3.05, 3.63) is 88.3 Å². The summed E-state index contributed by atoms with van der Waals surface area (Å²) >= 11 is 1.39. The Bertz CT molecular complexity index is 924. The number of thioether (sulfide) groups is 1. The topological polar surface area (TPSA) is 61.2 Å². The largest absolute Gasteiger partial charge is 0.464 e. The van der Waals surface area contributed by atoms with Crippen molar-refractivity contribution < 1.29 is 9.53 Å². The van der Waals surface area contributed by atoms with Crippen molar-refractivity contribution in [1.82, 2.24) is 9.78 Å². The van der Waals surface area contributed by atoms with E-state index in [1.54, 1.807) is 24.3 Å². The molecule has 0 saturated heterocycles. The summed E-state index contributed by atoms with van der Waals surface area (Å²) in [4.78, 5) is 25.1. The Morgan fingerprint density at radius 2 is 1.72 bits per heavy atom. The van der Waals surface area contributed by atoms with E-state index in [1.807, 2.05) is 36.4 Å². The lowest BCUT2D eigenvalue weighted by atomic mass is 10.2. The van der Waals surface area contributed by atoms with Gasteiger partial charge < -0.3 is 4.74 Å². The maximum atomic E-state index is 12.4. The van der Waals surface area contributed by atoms with Gasteiger partial charge in [0.2, 0.25) is 0 Å². The molecule has 6 heteroatoms. The zero-order valence-corrected chi connectivity index (χ0v) is 14.4. The number of esters is 1. The number of benzene rings is 2. The zero-order chi connectivity index (χ0) is 17.6. The summed E-state index contributed by atoms with van der Waals surface area (Å²) in [6.07, 6.45) is 0. The van der Waals surface area contributed by atoms with Crippen molar-refractivity contribution in [2.75, 3.05) is 7.11 Å². The summed E-state index contributed by atoms with van der Waals surface area (Å²) < 4.78 is 6.04. The van der Waals surface area contributed by atoms with Crippen molar-refractivity contribution in [2.24, 2.45) is 0 Å². The van der Waals surface area contributed by atoms with Crippen LogP contribution in [0.2, 0.25) is 0 Å². The van der Waals surface area contributed by atoms with E-state index >= 15 is 0 Å². The molecule has 0 radical (unpaired) electrons. The normalized spacial score (nSPS) is 10.4. The Morgan fingerprint density at radius 3 is 2.36 bits per heavy atom. The van der Waals surface area contributed by atoms with E-state index in [0.717, 1.165) is 5.56 Å². The predicted molar refractivity (Wildman–Crippen MR) is 97.2 cm³/mol. The summed E-state index contributed by atoms with van der Waals surface area (Å²) in [6, 6.07) is 20.2. The van der Waals surface area contributed by atoms with Crippen LogP contribution in [0.4, 0.5) is 0 Å². The minimum atomic E-state index is -0.569. The first-order valence-corrected chi connectivity index (χ1v) is 8.62. The van der Waals surface area contributed by atoms with Crippen LogP contribution in [-0.4, -0.2) is 22.9 Å². The third-order valence-electron chi connectivity index (χ3n) is 3.51. The second kappa shape index (κ2) is 7.81. The fraction of sp³-hybridized carbons (Fsp3) is 0.105. The number of hydrogen-bond donors (Lipinski definition) is 0. The predicted octanol–water partition coefficient (Wildman–Crippen LogP) is 3.31. The van der Waals surface area contributed by atoms with E-state index < -0.39 is 5.97 Å². The Labute approximate surface area is 149 Å².